The quantitative estimate of drug-likeness (QED) is 0.0494. The number of benzene rings is 8. The predicted octanol–water partition coefficient (Wildman–Crippen LogP) is 17.5. The Hall–Kier alpha value is -12.8. The fourth-order valence-corrected chi connectivity index (χ4v) is 10.7. The highest BCUT2D eigenvalue weighted by Gasteiger charge is 2.21. The molecule has 0 fully saturated rings. The molecule has 0 aliphatic rings. The highest BCUT2D eigenvalue weighted by atomic mass is 79.9. The van der Waals surface area contributed by atoms with E-state index in [0.717, 1.165) is 61.4 Å². The maximum absolute atomic E-state index is 13.9. The lowest BCUT2D eigenvalue weighted by Gasteiger charge is -2.24. The van der Waals surface area contributed by atoms with E-state index in [4.69, 9.17) is 18.9 Å². The van der Waals surface area contributed by atoms with Crippen molar-refractivity contribution in [2.24, 2.45) is 0 Å². The fraction of sp³-hybridized carbons (Fsp3) is 0.179. The number of nitrogens with zero attached hydrogens (tertiary/aromatic N) is 16. The molecular formula is C78H78Br2F2N16O12+2. The van der Waals surface area contributed by atoms with Crippen LogP contribution in [0.3, 0.4) is 0 Å². The fourth-order valence-electron chi connectivity index (χ4n) is 9.82. The molecular weight excluding hydrogens is 1550 g/mol. The van der Waals surface area contributed by atoms with Gasteiger partial charge < -0.3 is 38.5 Å². The molecule has 0 aliphatic carbocycles. The summed E-state index contributed by atoms with van der Waals surface area (Å²) in [4.78, 5) is 73.8. The van der Waals surface area contributed by atoms with Crippen LogP contribution in [0.4, 0.5) is 50.7 Å². The number of non-ortho nitro benzene ring substituents is 2. The van der Waals surface area contributed by atoms with Crippen molar-refractivity contribution < 1.29 is 56.8 Å². The maximum atomic E-state index is 13.9. The third-order valence-corrected chi connectivity index (χ3v) is 16.8. The van der Waals surface area contributed by atoms with Crippen LogP contribution >= 0.6 is 31.9 Å². The molecule has 28 nitrogen and oxygen atoms in total. The largest absolute Gasteiger partial charge is 0.457 e. The summed E-state index contributed by atoms with van der Waals surface area (Å²) in [7, 11) is 25.6. The minimum atomic E-state index is -0.825. The number of halogens is 4. The van der Waals surface area contributed by atoms with Crippen LogP contribution in [0.15, 0.2) is 228 Å². The highest BCUT2D eigenvalue weighted by molar-refractivity contribution is 9.10. The summed E-state index contributed by atoms with van der Waals surface area (Å²) in [5, 5.41) is 38.6. The Labute approximate surface area is 649 Å². The zero-order chi connectivity index (χ0) is 80.1. The molecule has 568 valence electrons. The average Bonchev–Trinajstić information content (AvgIpc) is 1.86. The molecule has 0 bridgehead atoms. The second-order valence-electron chi connectivity index (χ2n) is 26.9. The lowest BCUT2D eigenvalue weighted by molar-refractivity contribution is -0.385. The Kier molecular flexibility index (Phi) is 26.1. The summed E-state index contributed by atoms with van der Waals surface area (Å²) in [6.45, 7) is 0. The van der Waals surface area contributed by atoms with Gasteiger partial charge >= 0.3 is 24.1 Å². The standard InChI is InChI=1S/C21H24BrN4O2.C21H24FN4O2.C18H15BrN4O4.C18H15FN4O4/c2*1-24(2)21(27)25-11-10-20(23-25)15-6-8-18(9-7-15)28-19-13-16(22)12-17(14-19)26(3,4)5;2*1-21(2)18(24)22-10-9-16(20-22)12-3-6-14(7-4-12)27-17-8-5-13(23(25)26)11-15(17)19/h2*6-14H,1-5H3;2*3-11H,1-2H3/q2*+1;;. The minimum absolute atomic E-state index is 0.0209. The number of amides is 4. The molecule has 8 aromatic carbocycles. The van der Waals surface area contributed by atoms with E-state index in [-0.39, 0.29) is 47.1 Å². The van der Waals surface area contributed by atoms with Crippen LogP contribution in [0, 0.1) is 31.9 Å². The van der Waals surface area contributed by atoms with Crippen LogP contribution in [0.25, 0.3) is 45.0 Å². The van der Waals surface area contributed by atoms with Crippen molar-refractivity contribution in [3.63, 3.8) is 0 Å². The van der Waals surface area contributed by atoms with Gasteiger partial charge in [0.15, 0.2) is 11.6 Å². The molecule has 4 heterocycles. The first-order valence-corrected chi connectivity index (χ1v) is 34.9. The molecule has 0 saturated carbocycles. The van der Waals surface area contributed by atoms with Gasteiger partial charge in [-0.1, -0.05) is 15.9 Å². The third kappa shape index (κ3) is 21.7. The third-order valence-electron chi connectivity index (χ3n) is 15.7. The van der Waals surface area contributed by atoms with Gasteiger partial charge in [0.05, 0.1) is 85.4 Å². The van der Waals surface area contributed by atoms with Crippen LogP contribution in [0.1, 0.15) is 0 Å². The molecule has 12 rings (SSSR count). The van der Waals surface area contributed by atoms with E-state index in [1.807, 2.05) is 93.9 Å². The summed E-state index contributed by atoms with van der Waals surface area (Å²) >= 11 is 6.83. The van der Waals surface area contributed by atoms with Gasteiger partial charge in [0.2, 0.25) is 0 Å². The monoisotopic (exact) mass is 1630 g/mol. The first-order chi connectivity index (χ1) is 52.0. The molecule has 0 unspecified atom stereocenters. The molecule has 4 aromatic heterocycles. The number of quaternary nitrogens is 2. The summed E-state index contributed by atoms with van der Waals surface area (Å²) in [5.41, 5.74) is 7.59. The molecule has 0 aliphatic heterocycles. The summed E-state index contributed by atoms with van der Waals surface area (Å²) in [5.74, 6) is 2.64. The van der Waals surface area contributed by atoms with Crippen molar-refractivity contribution in [1.29, 1.82) is 0 Å². The Bertz CT molecular complexity index is 4960. The van der Waals surface area contributed by atoms with Gasteiger partial charge in [-0.05, 0) is 155 Å². The van der Waals surface area contributed by atoms with Gasteiger partial charge in [0.1, 0.15) is 57.4 Å². The van der Waals surface area contributed by atoms with Crippen LogP contribution in [0.2, 0.25) is 0 Å². The maximum Gasteiger partial charge on any atom is 0.344 e. The number of nitro benzene ring substituents is 2. The lowest BCUT2D eigenvalue weighted by atomic mass is 10.1. The topological polar surface area (TPSA) is 276 Å². The van der Waals surface area contributed by atoms with E-state index in [0.29, 0.717) is 59.3 Å². The van der Waals surface area contributed by atoms with E-state index >= 15 is 0 Å². The van der Waals surface area contributed by atoms with Gasteiger partial charge in [-0.25, -0.2) is 28.0 Å². The van der Waals surface area contributed by atoms with Crippen molar-refractivity contribution in [1.82, 2.24) is 67.7 Å². The smallest absolute Gasteiger partial charge is 0.344 e. The van der Waals surface area contributed by atoms with E-state index in [2.05, 4.69) is 79.5 Å². The van der Waals surface area contributed by atoms with E-state index < -0.39 is 15.7 Å². The minimum Gasteiger partial charge on any atom is -0.457 e. The number of rotatable bonds is 16. The second kappa shape index (κ2) is 35.3. The number of hydrogen-bond donors (Lipinski definition) is 0. The highest BCUT2D eigenvalue weighted by Crippen LogP contribution is 2.37. The Morgan fingerprint density at radius 1 is 0.373 bits per heavy atom. The SMILES string of the molecule is CN(C)C(=O)n1ccc(-c2ccc(Oc3cc(Br)cc([N+](C)(C)C)c3)cc2)n1.CN(C)C(=O)n1ccc(-c2ccc(Oc3cc(F)cc([N+](C)(C)C)c3)cc2)n1.CN(C)C(=O)n1ccc(-c2ccc(Oc3ccc([N+](=O)[O-])cc3Br)cc2)n1.CN(C)C(=O)n1ccc(-c2ccc(Oc3ccc([N+](=O)[O-])cc3F)cc2)n1. The Balaban J connectivity index is 0.000000169. The van der Waals surface area contributed by atoms with Crippen LogP contribution in [0.5, 0.6) is 46.0 Å². The van der Waals surface area contributed by atoms with E-state index in [1.165, 1.54) is 80.8 Å². The molecule has 110 heavy (non-hydrogen) atoms. The first-order valence-electron chi connectivity index (χ1n) is 33.3. The molecule has 0 spiro atoms. The molecule has 4 amide bonds. The number of hydrogen-bond acceptors (Lipinski definition) is 16. The summed E-state index contributed by atoms with van der Waals surface area (Å²) in [6.07, 6.45) is 6.46. The number of carbonyl (C=O) groups excluding carboxylic acids is 4. The first kappa shape index (κ1) is 81.3. The van der Waals surface area contributed by atoms with Gasteiger partial charge in [-0.15, -0.1) is 0 Å². The van der Waals surface area contributed by atoms with Crippen molar-refractivity contribution in [3.05, 3.63) is 260 Å². The molecule has 32 heteroatoms. The molecule has 0 radical (unpaired) electrons. The number of carbonyl (C=O) groups is 4. The molecule has 0 atom stereocenters. The van der Waals surface area contributed by atoms with Crippen LogP contribution in [-0.2, 0) is 0 Å². The number of aromatic nitrogens is 8. The van der Waals surface area contributed by atoms with Gasteiger partial charge in [0, 0.05) is 156 Å². The second-order valence-corrected chi connectivity index (χ2v) is 28.6. The summed E-state index contributed by atoms with van der Waals surface area (Å²) < 4.78 is 58.6. The molecule has 0 N–H and O–H groups in total. The Morgan fingerprint density at radius 2 is 0.673 bits per heavy atom. The average molecular weight is 1630 g/mol. The summed E-state index contributed by atoms with van der Waals surface area (Å²) in [6, 6.07) is 53.1. The number of ether oxygens (including phenoxy) is 4. The van der Waals surface area contributed by atoms with Crippen molar-refractivity contribution in [2.75, 3.05) is 98.7 Å². The van der Waals surface area contributed by atoms with Crippen molar-refractivity contribution >= 4 is 78.7 Å². The zero-order valence-electron chi connectivity index (χ0n) is 62.4. The number of nitro groups is 2. The van der Waals surface area contributed by atoms with Gasteiger partial charge in [0.25, 0.3) is 11.4 Å². The van der Waals surface area contributed by atoms with Crippen molar-refractivity contribution in [3.8, 4) is 91.0 Å². The zero-order valence-corrected chi connectivity index (χ0v) is 65.5. The van der Waals surface area contributed by atoms with E-state index in [1.54, 1.807) is 148 Å². The predicted molar refractivity (Wildman–Crippen MR) is 422 cm³/mol. The van der Waals surface area contributed by atoms with E-state index in [9.17, 15) is 48.2 Å². The normalized spacial score (nSPS) is 10.9. The van der Waals surface area contributed by atoms with Crippen molar-refractivity contribution in [2.45, 2.75) is 0 Å². The van der Waals surface area contributed by atoms with Gasteiger partial charge in [-0.3, -0.25) is 29.2 Å². The van der Waals surface area contributed by atoms with Gasteiger partial charge in [-0.2, -0.15) is 39.1 Å². The van der Waals surface area contributed by atoms with Crippen LogP contribution < -0.4 is 27.9 Å². The molecule has 12 aromatic rings. The lowest BCUT2D eigenvalue weighted by Crippen LogP contribution is -2.34. The van der Waals surface area contributed by atoms with Crippen LogP contribution in [-0.4, -0.2) is 191 Å². The Morgan fingerprint density at radius 3 is 0.982 bits per heavy atom. The molecule has 0 saturated heterocycles.